The molecule has 0 fully saturated rings. The van der Waals surface area contributed by atoms with E-state index in [9.17, 15) is 4.79 Å². The van der Waals surface area contributed by atoms with E-state index in [1.807, 2.05) is 37.3 Å². The summed E-state index contributed by atoms with van der Waals surface area (Å²) in [5.41, 5.74) is 4.65. The first-order valence-electron chi connectivity index (χ1n) is 9.02. The first-order valence-corrected chi connectivity index (χ1v) is 9.02. The molecule has 0 bridgehead atoms. The summed E-state index contributed by atoms with van der Waals surface area (Å²) in [6.45, 7) is 7.83. The SMILES string of the molecule is CC(=O)c1ccc(Nc2nc(C)cc(Nc3ccccc3C(C)C)n2)cc1. The smallest absolute Gasteiger partial charge is 0.229 e. The van der Waals surface area contributed by atoms with Gasteiger partial charge in [-0.25, -0.2) is 4.98 Å². The first kappa shape index (κ1) is 18.6. The van der Waals surface area contributed by atoms with Crippen molar-refractivity contribution >= 4 is 28.9 Å². The molecule has 27 heavy (non-hydrogen) atoms. The average Bonchev–Trinajstić information content (AvgIpc) is 2.62. The van der Waals surface area contributed by atoms with Crippen molar-refractivity contribution in [1.29, 1.82) is 0 Å². The van der Waals surface area contributed by atoms with Gasteiger partial charge in [0.15, 0.2) is 5.78 Å². The third-order valence-electron chi connectivity index (χ3n) is 4.25. The van der Waals surface area contributed by atoms with E-state index >= 15 is 0 Å². The lowest BCUT2D eigenvalue weighted by atomic mass is 10.0. The van der Waals surface area contributed by atoms with Gasteiger partial charge in [0.2, 0.25) is 5.95 Å². The van der Waals surface area contributed by atoms with Gasteiger partial charge in [0, 0.05) is 28.7 Å². The maximum atomic E-state index is 11.4. The third-order valence-corrected chi connectivity index (χ3v) is 4.25. The summed E-state index contributed by atoms with van der Waals surface area (Å²) in [5, 5.41) is 6.61. The zero-order valence-corrected chi connectivity index (χ0v) is 16.1. The quantitative estimate of drug-likeness (QED) is 0.560. The summed E-state index contributed by atoms with van der Waals surface area (Å²) in [6, 6.07) is 17.4. The molecule has 0 aliphatic carbocycles. The number of benzene rings is 2. The lowest BCUT2D eigenvalue weighted by molar-refractivity contribution is 0.101. The first-order chi connectivity index (χ1) is 12.9. The highest BCUT2D eigenvalue weighted by molar-refractivity contribution is 5.94. The largest absolute Gasteiger partial charge is 0.340 e. The summed E-state index contributed by atoms with van der Waals surface area (Å²) in [7, 11) is 0. The lowest BCUT2D eigenvalue weighted by Gasteiger charge is -2.15. The van der Waals surface area contributed by atoms with Crippen LogP contribution in [0.5, 0.6) is 0 Å². The summed E-state index contributed by atoms with van der Waals surface area (Å²) in [5.74, 6) is 1.70. The number of ketones is 1. The van der Waals surface area contributed by atoms with Crippen molar-refractivity contribution in [3.05, 3.63) is 71.4 Å². The van der Waals surface area contributed by atoms with E-state index in [0.29, 0.717) is 17.4 Å². The number of aryl methyl sites for hydroxylation is 1. The Morgan fingerprint density at radius 1 is 0.963 bits per heavy atom. The van der Waals surface area contributed by atoms with Gasteiger partial charge in [-0.3, -0.25) is 4.79 Å². The molecule has 138 valence electrons. The molecule has 0 amide bonds. The molecule has 0 radical (unpaired) electrons. The predicted molar refractivity (Wildman–Crippen MR) is 110 cm³/mol. The van der Waals surface area contributed by atoms with Crippen LogP contribution < -0.4 is 10.6 Å². The fraction of sp³-hybridized carbons (Fsp3) is 0.227. The maximum absolute atomic E-state index is 11.4. The maximum Gasteiger partial charge on any atom is 0.229 e. The minimum Gasteiger partial charge on any atom is -0.340 e. The Bertz CT molecular complexity index is 949. The highest BCUT2D eigenvalue weighted by Gasteiger charge is 2.09. The lowest BCUT2D eigenvalue weighted by Crippen LogP contribution is -2.04. The predicted octanol–water partition coefficient (Wildman–Crippen LogP) is 5.60. The molecule has 2 aromatic carbocycles. The number of para-hydroxylation sites is 1. The van der Waals surface area contributed by atoms with E-state index < -0.39 is 0 Å². The number of anilines is 4. The molecule has 0 atom stereocenters. The van der Waals surface area contributed by atoms with E-state index in [1.165, 1.54) is 5.56 Å². The minimum atomic E-state index is 0.0451. The molecule has 5 nitrogen and oxygen atoms in total. The van der Waals surface area contributed by atoms with Gasteiger partial charge in [0.05, 0.1) is 0 Å². The Kier molecular flexibility index (Phi) is 5.50. The number of hydrogen-bond donors (Lipinski definition) is 2. The summed E-state index contributed by atoms with van der Waals surface area (Å²) < 4.78 is 0. The highest BCUT2D eigenvalue weighted by Crippen LogP contribution is 2.27. The highest BCUT2D eigenvalue weighted by atomic mass is 16.1. The van der Waals surface area contributed by atoms with Crippen LogP contribution in [-0.2, 0) is 0 Å². The Balaban J connectivity index is 1.83. The van der Waals surface area contributed by atoms with Crippen LogP contribution in [0, 0.1) is 6.92 Å². The van der Waals surface area contributed by atoms with Crippen LogP contribution in [0.1, 0.15) is 48.3 Å². The molecule has 3 rings (SSSR count). The zero-order chi connectivity index (χ0) is 19.4. The molecular weight excluding hydrogens is 336 g/mol. The number of Topliss-reactive ketones (excluding diaryl/α,β-unsaturated/α-hetero) is 1. The van der Waals surface area contributed by atoms with Crippen LogP contribution in [-0.4, -0.2) is 15.8 Å². The van der Waals surface area contributed by atoms with Crippen molar-refractivity contribution in [3.63, 3.8) is 0 Å². The van der Waals surface area contributed by atoms with E-state index in [1.54, 1.807) is 19.1 Å². The second-order valence-corrected chi connectivity index (χ2v) is 6.84. The van der Waals surface area contributed by atoms with Crippen molar-refractivity contribution in [2.75, 3.05) is 10.6 Å². The zero-order valence-electron chi connectivity index (χ0n) is 16.1. The van der Waals surface area contributed by atoms with E-state index in [0.717, 1.165) is 22.9 Å². The van der Waals surface area contributed by atoms with Crippen molar-refractivity contribution < 1.29 is 4.79 Å². The van der Waals surface area contributed by atoms with Crippen LogP contribution in [0.3, 0.4) is 0 Å². The Labute approximate surface area is 159 Å². The molecule has 0 aliphatic rings. The van der Waals surface area contributed by atoms with Crippen LogP contribution in [0.2, 0.25) is 0 Å². The average molecular weight is 360 g/mol. The Morgan fingerprint density at radius 2 is 1.67 bits per heavy atom. The third kappa shape index (κ3) is 4.70. The normalized spacial score (nSPS) is 10.7. The van der Waals surface area contributed by atoms with Gasteiger partial charge in [-0.15, -0.1) is 0 Å². The van der Waals surface area contributed by atoms with Crippen LogP contribution in [0.4, 0.5) is 23.1 Å². The van der Waals surface area contributed by atoms with E-state index in [2.05, 4.69) is 46.6 Å². The van der Waals surface area contributed by atoms with Gasteiger partial charge in [-0.2, -0.15) is 4.98 Å². The molecule has 1 aromatic heterocycles. The number of rotatable bonds is 6. The summed E-state index contributed by atoms with van der Waals surface area (Å²) in [4.78, 5) is 20.4. The number of hydrogen-bond acceptors (Lipinski definition) is 5. The molecule has 0 unspecified atom stereocenters. The molecule has 0 saturated carbocycles. The molecule has 0 saturated heterocycles. The van der Waals surface area contributed by atoms with E-state index in [-0.39, 0.29) is 5.78 Å². The summed E-state index contributed by atoms with van der Waals surface area (Å²) in [6.07, 6.45) is 0. The molecular formula is C22H24N4O. The Morgan fingerprint density at radius 3 is 2.33 bits per heavy atom. The van der Waals surface area contributed by atoms with Gasteiger partial charge >= 0.3 is 0 Å². The molecule has 2 N–H and O–H groups in total. The second kappa shape index (κ2) is 7.99. The molecule has 0 aliphatic heterocycles. The fourth-order valence-corrected chi connectivity index (χ4v) is 2.86. The number of carbonyl (C=O) groups excluding carboxylic acids is 1. The van der Waals surface area contributed by atoms with Crippen LogP contribution in [0.25, 0.3) is 0 Å². The summed E-state index contributed by atoms with van der Waals surface area (Å²) >= 11 is 0. The standard InChI is InChI=1S/C22H24N4O/c1-14(2)19-7-5-6-8-20(19)25-21-13-15(3)23-22(26-21)24-18-11-9-17(10-12-18)16(4)27/h5-14H,1-4H3,(H2,23,24,25,26). The fourth-order valence-electron chi connectivity index (χ4n) is 2.86. The monoisotopic (exact) mass is 360 g/mol. The molecule has 1 heterocycles. The molecule has 3 aromatic rings. The van der Waals surface area contributed by atoms with Crippen LogP contribution >= 0.6 is 0 Å². The van der Waals surface area contributed by atoms with Gasteiger partial charge in [-0.05, 0) is 55.7 Å². The van der Waals surface area contributed by atoms with Crippen molar-refractivity contribution in [2.24, 2.45) is 0 Å². The van der Waals surface area contributed by atoms with Gasteiger partial charge in [-0.1, -0.05) is 32.0 Å². The van der Waals surface area contributed by atoms with Crippen molar-refractivity contribution in [2.45, 2.75) is 33.6 Å². The van der Waals surface area contributed by atoms with Gasteiger partial charge in [0.1, 0.15) is 5.82 Å². The minimum absolute atomic E-state index is 0.0451. The van der Waals surface area contributed by atoms with Crippen molar-refractivity contribution in [1.82, 2.24) is 9.97 Å². The van der Waals surface area contributed by atoms with Gasteiger partial charge in [0.25, 0.3) is 0 Å². The number of nitrogens with zero attached hydrogens (tertiary/aromatic N) is 2. The number of aromatic nitrogens is 2. The van der Waals surface area contributed by atoms with Crippen molar-refractivity contribution in [3.8, 4) is 0 Å². The number of nitrogens with one attached hydrogen (secondary N) is 2. The molecule has 5 heteroatoms. The topological polar surface area (TPSA) is 66.9 Å². The molecule has 0 spiro atoms. The number of carbonyl (C=O) groups is 1. The van der Waals surface area contributed by atoms with Crippen LogP contribution in [0.15, 0.2) is 54.6 Å². The van der Waals surface area contributed by atoms with E-state index in [4.69, 9.17) is 0 Å². The van der Waals surface area contributed by atoms with Gasteiger partial charge < -0.3 is 10.6 Å². The Hall–Kier alpha value is -3.21. The second-order valence-electron chi connectivity index (χ2n) is 6.84.